The maximum Gasteiger partial charge on any atom is 0.126 e. The fourth-order valence-electron chi connectivity index (χ4n) is 5.15. The van der Waals surface area contributed by atoms with Gasteiger partial charge in [0.1, 0.15) is 11.5 Å². The quantitative estimate of drug-likeness (QED) is 0.461. The molecule has 2 rings (SSSR count). The summed E-state index contributed by atoms with van der Waals surface area (Å²) in [7, 11) is 3.55. The van der Waals surface area contributed by atoms with E-state index in [2.05, 4.69) is 113 Å². The topological polar surface area (TPSA) is 18.5 Å². The van der Waals surface area contributed by atoms with Gasteiger partial charge >= 0.3 is 0 Å². The van der Waals surface area contributed by atoms with Crippen LogP contribution in [0.2, 0.25) is 0 Å². The van der Waals surface area contributed by atoms with Crippen molar-refractivity contribution in [2.24, 2.45) is 5.41 Å². The molecule has 2 aromatic carbocycles. The van der Waals surface area contributed by atoms with Crippen LogP contribution in [0.25, 0.3) is 0 Å². The largest absolute Gasteiger partial charge is 0.497 e. The van der Waals surface area contributed by atoms with Crippen molar-refractivity contribution in [2.45, 2.75) is 105 Å². The third-order valence-electron chi connectivity index (χ3n) is 6.45. The van der Waals surface area contributed by atoms with Crippen LogP contribution in [0.3, 0.4) is 0 Å². The second-order valence-electron chi connectivity index (χ2n) is 13.6. The Kier molecular flexibility index (Phi) is 7.45. The smallest absolute Gasteiger partial charge is 0.126 e. The molecule has 0 radical (unpaired) electrons. The Bertz CT molecular complexity index is 953. The molecule has 1 unspecified atom stereocenters. The molecule has 2 heteroatoms. The SMILES string of the molecule is COc1ccc(C(c2cc(C(C)(C)C)c(OC)c(C(C)(C)C)c2C(C)(C)C)C(C)(C)C)cc1. The lowest BCUT2D eigenvalue weighted by Crippen LogP contribution is -2.31. The Balaban J connectivity index is 3.14. The maximum atomic E-state index is 6.21. The minimum atomic E-state index is -0.0632. The van der Waals surface area contributed by atoms with Gasteiger partial charge in [-0.25, -0.2) is 0 Å². The van der Waals surface area contributed by atoms with Crippen LogP contribution in [0, 0.1) is 5.41 Å². The third kappa shape index (κ3) is 5.76. The first-order chi connectivity index (χ1) is 14.8. The molecule has 0 aliphatic carbocycles. The normalized spacial score (nSPS) is 14.2. The van der Waals surface area contributed by atoms with Crippen molar-refractivity contribution >= 4 is 0 Å². The van der Waals surface area contributed by atoms with Crippen LogP contribution in [-0.2, 0) is 16.2 Å². The molecule has 0 aliphatic heterocycles. The summed E-state index contributed by atoms with van der Waals surface area (Å²) in [6, 6.07) is 11.1. The van der Waals surface area contributed by atoms with Gasteiger partial charge in [0.2, 0.25) is 0 Å². The molecule has 0 N–H and O–H groups in total. The number of benzene rings is 2. The highest BCUT2D eigenvalue weighted by Gasteiger charge is 2.39. The van der Waals surface area contributed by atoms with E-state index >= 15 is 0 Å². The molecule has 0 saturated carbocycles. The number of hydrogen-bond acceptors (Lipinski definition) is 2. The molecule has 2 aromatic rings. The van der Waals surface area contributed by atoms with Crippen molar-refractivity contribution < 1.29 is 9.47 Å². The van der Waals surface area contributed by atoms with Gasteiger partial charge in [-0.1, -0.05) is 101 Å². The van der Waals surface area contributed by atoms with Crippen molar-refractivity contribution in [3.8, 4) is 11.5 Å². The average Bonchev–Trinajstić information content (AvgIpc) is 2.64. The molecule has 0 saturated heterocycles. The van der Waals surface area contributed by atoms with Gasteiger partial charge in [0.25, 0.3) is 0 Å². The Morgan fingerprint density at radius 2 is 1.09 bits per heavy atom. The van der Waals surface area contributed by atoms with Gasteiger partial charge in [-0.05, 0) is 50.5 Å². The number of hydrogen-bond donors (Lipinski definition) is 0. The monoisotopic (exact) mass is 452 g/mol. The van der Waals surface area contributed by atoms with E-state index < -0.39 is 0 Å². The van der Waals surface area contributed by atoms with E-state index in [0.29, 0.717) is 0 Å². The zero-order valence-corrected chi connectivity index (χ0v) is 23.8. The van der Waals surface area contributed by atoms with Crippen molar-refractivity contribution in [1.29, 1.82) is 0 Å². The molecule has 0 aliphatic rings. The Morgan fingerprint density at radius 1 is 0.606 bits per heavy atom. The van der Waals surface area contributed by atoms with Crippen LogP contribution < -0.4 is 9.47 Å². The summed E-state index contributed by atoms with van der Waals surface area (Å²) in [6.07, 6.45) is 0. The van der Waals surface area contributed by atoms with Crippen molar-refractivity contribution in [3.05, 3.63) is 58.1 Å². The van der Waals surface area contributed by atoms with E-state index in [-0.39, 0.29) is 27.6 Å². The summed E-state index contributed by atoms with van der Waals surface area (Å²) in [4.78, 5) is 0. The van der Waals surface area contributed by atoms with Crippen LogP contribution >= 0.6 is 0 Å². The Labute approximate surface area is 204 Å². The summed E-state index contributed by atoms with van der Waals surface area (Å²) in [6.45, 7) is 27.9. The number of methoxy groups -OCH3 is 2. The predicted molar refractivity (Wildman–Crippen MR) is 143 cm³/mol. The maximum absolute atomic E-state index is 6.21. The predicted octanol–water partition coefficient (Wildman–Crippen LogP) is 8.77. The molecule has 0 amide bonds. The van der Waals surface area contributed by atoms with Crippen molar-refractivity contribution in [3.63, 3.8) is 0 Å². The molecule has 1 atom stereocenters. The highest BCUT2D eigenvalue weighted by atomic mass is 16.5. The summed E-state index contributed by atoms with van der Waals surface area (Å²) >= 11 is 0. The average molecular weight is 453 g/mol. The molecule has 2 nitrogen and oxygen atoms in total. The fourth-order valence-corrected chi connectivity index (χ4v) is 5.15. The molecule has 33 heavy (non-hydrogen) atoms. The van der Waals surface area contributed by atoms with Gasteiger partial charge in [-0.3, -0.25) is 0 Å². The van der Waals surface area contributed by atoms with E-state index in [4.69, 9.17) is 9.47 Å². The van der Waals surface area contributed by atoms with Gasteiger partial charge in [0.05, 0.1) is 14.2 Å². The van der Waals surface area contributed by atoms with E-state index in [1.54, 1.807) is 7.11 Å². The highest BCUT2D eigenvalue weighted by molar-refractivity contribution is 5.60. The molecule has 0 aromatic heterocycles. The van der Waals surface area contributed by atoms with E-state index in [1.807, 2.05) is 7.11 Å². The molecule has 0 heterocycles. The standard InChI is InChI=1S/C31H48O2/c1-28(2,3)23-19-22(24(29(4,5)6)20-15-17-21(32-13)18-16-20)25(30(7,8)9)26(27(23)33-14)31(10,11)12/h15-19,24H,1-14H3. The molecular weight excluding hydrogens is 404 g/mol. The number of rotatable bonds is 4. The zero-order chi connectivity index (χ0) is 25.6. The van der Waals surface area contributed by atoms with Gasteiger partial charge in [0, 0.05) is 17.0 Å². The minimum absolute atomic E-state index is 0.0213. The van der Waals surface area contributed by atoms with Gasteiger partial charge < -0.3 is 9.47 Å². The van der Waals surface area contributed by atoms with Crippen LogP contribution in [0.4, 0.5) is 0 Å². The fraction of sp³-hybridized carbons (Fsp3) is 0.613. The van der Waals surface area contributed by atoms with Gasteiger partial charge in [0.15, 0.2) is 0 Å². The van der Waals surface area contributed by atoms with Crippen molar-refractivity contribution in [1.82, 2.24) is 0 Å². The molecule has 0 fully saturated rings. The second-order valence-corrected chi connectivity index (χ2v) is 13.6. The second kappa shape index (κ2) is 9.01. The summed E-state index contributed by atoms with van der Waals surface area (Å²) in [5.74, 6) is 2.17. The molecule has 0 spiro atoms. The van der Waals surface area contributed by atoms with E-state index in [9.17, 15) is 0 Å². The zero-order valence-electron chi connectivity index (χ0n) is 23.8. The lowest BCUT2D eigenvalue weighted by Gasteiger charge is -2.41. The molecule has 0 bridgehead atoms. The summed E-state index contributed by atoms with van der Waals surface area (Å²) in [5.41, 5.74) is 6.63. The van der Waals surface area contributed by atoms with Gasteiger partial charge in [-0.15, -0.1) is 0 Å². The van der Waals surface area contributed by atoms with Crippen LogP contribution in [0.5, 0.6) is 11.5 Å². The first-order valence-electron chi connectivity index (χ1n) is 12.2. The summed E-state index contributed by atoms with van der Waals surface area (Å²) in [5, 5.41) is 0. The highest BCUT2D eigenvalue weighted by Crippen LogP contribution is 2.52. The Morgan fingerprint density at radius 3 is 1.42 bits per heavy atom. The molecular formula is C31H48O2. The Hall–Kier alpha value is -1.96. The third-order valence-corrected chi connectivity index (χ3v) is 6.45. The van der Waals surface area contributed by atoms with Crippen LogP contribution in [0.15, 0.2) is 30.3 Å². The lowest BCUT2D eigenvalue weighted by atomic mass is 9.63. The van der Waals surface area contributed by atoms with Gasteiger partial charge in [-0.2, -0.15) is 0 Å². The minimum Gasteiger partial charge on any atom is -0.497 e. The first kappa shape index (κ1) is 27.3. The van der Waals surface area contributed by atoms with Crippen molar-refractivity contribution in [2.75, 3.05) is 14.2 Å². The van der Waals surface area contributed by atoms with Crippen LogP contribution in [0.1, 0.15) is 117 Å². The van der Waals surface area contributed by atoms with E-state index in [1.165, 1.54) is 27.8 Å². The number of ether oxygens (including phenoxy) is 2. The molecule has 184 valence electrons. The van der Waals surface area contributed by atoms with E-state index in [0.717, 1.165) is 11.5 Å². The lowest BCUT2D eigenvalue weighted by molar-refractivity contribution is 0.345. The van der Waals surface area contributed by atoms with Crippen LogP contribution in [-0.4, -0.2) is 14.2 Å². The first-order valence-corrected chi connectivity index (χ1v) is 12.2. The summed E-state index contributed by atoms with van der Waals surface area (Å²) < 4.78 is 11.7.